The molecule has 14 heavy (non-hydrogen) atoms. The minimum atomic E-state index is -0.673. The first-order valence-electron chi connectivity index (χ1n) is 3.69. The van der Waals surface area contributed by atoms with E-state index in [9.17, 15) is 9.50 Å². The fraction of sp³-hybridized carbons (Fsp3) is 0. The molecule has 0 aliphatic carbocycles. The van der Waals surface area contributed by atoms with E-state index in [1.165, 1.54) is 30.3 Å². The maximum atomic E-state index is 13.1. The van der Waals surface area contributed by atoms with Gasteiger partial charge in [0.05, 0.1) is 5.56 Å². The Morgan fingerprint density at radius 2 is 1.79 bits per heavy atom. The molecule has 3 nitrogen and oxygen atoms in total. The molecule has 1 N–H and O–H groups in total. The van der Waals surface area contributed by atoms with E-state index in [1.54, 1.807) is 0 Å². The Balaban J connectivity index is 3.35. The second kappa shape index (κ2) is 4.06. The Bertz CT molecular complexity index is 450. The molecule has 0 saturated carbocycles. The first-order chi connectivity index (χ1) is 6.70. The van der Waals surface area contributed by atoms with Crippen molar-refractivity contribution in [1.29, 1.82) is 10.5 Å². The summed E-state index contributed by atoms with van der Waals surface area (Å²) in [5.41, 5.74) is -0.652. The second-order valence-corrected chi connectivity index (χ2v) is 2.43. The van der Waals surface area contributed by atoms with Crippen LogP contribution in [-0.4, -0.2) is 5.11 Å². The number of halogens is 1. The Morgan fingerprint density at radius 1 is 1.21 bits per heavy atom. The summed E-state index contributed by atoms with van der Waals surface area (Å²) in [6.07, 6.45) is 0. The third-order valence-corrected chi connectivity index (χ3v) is 1.59. The SMILES string of the molecule is N#CC(C#N)=C(O)c1ccccc1F. The van der Waals surface area contributed by atoms with Crippen LogP contribution in [0.15, 0.2) is 29.8 Å². The standard InChI is InChI=1S/C10H5FN2O/c11-9-4-2-1-3-8(9)10(14)7(5-12)6-13/h1-4,14H. The van der Waals surface area contributed by atoms with E-state index in [4.69, 9.17) is 10.5 Å². The highest BCUT2D eigenvalue weighted by molar-refractivity contribution is 5.69. The lowest BCUT2D eigenvalue weighted by Gasteiger charge is -2.00. The quantitative estimate of drug-likeness (QED) is 0.542. The highest BCUT2D eigenvalue weighted by Gasteiger charge is 2.10. The molecule has 0 aromatic heterocycles. The fourth-order valence-corrected chi connectivity index (χ4v) is 0.919. The van der Waals surface area contributed by atoms with Crippen molar-refractivity contribution >= 4 is 5.76 Å². The smallest absolute Gasteiger partial charge is 0.171 e. The molecule has 0 heterocycles. The molecule has 68 valence electrons. The van der Waals surface area contributed by atoms with Crippen LogP contribution >= 0.6 is 0 Å². The van der Waals surface area contributed by atoms with Gasteiger partial charge >= 0.3 is 0 Å². The maximum absolute atomic E-state index is 13.1. The summed E-state index contributed by atoms with van der Waals surface area (Å²) in [5.74, 6) is -1.30. The number of benzene rings is 1. The summed E-state index contributed by atoms with van der Waals surface area (Å²) in [6.45, 7) is 0. The van der Waals surface area contributed by atoms with Gasteiger partial charge < -0.3 is 5.11 Å². The molecular formula is C10H5FN2O. The van der Waals surface area contributed by atoms with E-state index < -0.39 is 17.1 Å². The molecular weight excluding hydrogens is 183 g/mol. The van der Waals surface area contributed by atoms with Crippen molar-refractivity contribution in [3.05, 3.63) is 41.2 Å². The number of aliphatic hydroxyl groups excluding tert-OH is 1. The summed E-state index contributed by atoms with van der Waals surface area (Å²) in [4.78, 5) is 0. The molecule has 0 amide bonds. The minimum absolute atomic E-state index is 0.148. The summed E-state index contributed by atoms with van der Waals surface area (Å²) in [7, 11) is 0. The molecule has 0 atom stereocenters. The topological polar surface area (TPSA) is 67.8 Å². The Hall–Kier alpha value is -2.33. The molecule has 1 aromatic rings. The van der Waals surface area contributed by atoms with Crippen LogP contribution in [-0.2, 0) is 0 Å². The molecule has 0 aliphatic heterocycles. The van der Waals surface area contributed by atoms with Crippen LogP contribution in [0.4, 0.5) is 4.39 Å². The van der Waals surface area contributed by atoms with E-state index in [1.807, 2.05) is 0 Å². The van der Waals surface area contributed by atoms with Crippen molar-refractivity contribution in [1.82, 2.24) is 0 Å². The Morgan fingerprint density at radius 3 is 2.29 bits per heavy atom. The molecule has 0 aliphatic rings. The van der Waals surface area contributed by atoms with Crippen molar-refractivity contribution in [2.45, 2.75) is 0 Å². The summed E-state index contributed by atoms with van der Waals surface area (Å²) < 4.78 is 13.1. The van der Waals surface area contributed by atoms with Crippen LogP contribution in [0.1, 0.15) is 5.56 Å². The van der Waals surface area contributed by atoms with Crippen LogP contribution in [0.2, 0.25) is 0 Å². The number of nitriles is 2. The van der Waals surface area contributed by atoms with Crippen molar-refractivity contribution in [3.63, 3.8) is 0 Å². The largest absolute Gasteiger partial charge is 0.505 e. The zero-order valence-electron chi connectivity index (χ0n) is 7.03. The Labute approximate surface area is 79.9 Å². The van der Waals surface area contributed by atoms with Crippen molar-refractivity contribution < 1.29 is 9.50 Å². The van der Waals surface area contributed by atoms with E-state index >= 15 is 0 Å². The molecule has 4 heteroatoms. The van der Waals surface area contributed by atoms with Gasteiger partial charge in [0.25, 0.3) is 0 Å². The molecule has 0 radical (unpaired) electrons. The normalized spacial score (nSPS) is 8.50. The first-order valence-corrected chi connectivity index (χ1v) is 3.69. The average Bonchev–Trinajstić information content (AvgIpc) is 2.20. The Kier molecular flexibility index (Phi) is 2.83. The van der Waals surface area contributed by atoms with E-state index in [-0.39, 0.29) is 5.56 Å². The molecule has 1 rings (SSSR count). The molecule has 0 spiro atoms. The number of rotatable bonds is 1. The summed E-state index contributed by atoms with van der Waals surface area (Å²) >= 11 is 0. The van der Waals surface area contributed by atoms with Crippen LogP contribution in [0, 0.1) is 28.5 Å². The summed E-state index contributed by atoms with van der Waals surface area (Å²) in [5, 5.41) is 26.2. The van der Waals surface area contributed by atoms with Gasteiger partial charge in [-0.05, 0) is 12.1 Å². The third-order valence-electron chi connectivity index (χ3n) is 1.59. The lowest BCUT2D eigenvalue weighted by Crippen LogP contribution is -1.91. The van der Waals surface area contributed by atoms with Crippen LogP contribution in [0.25, 0.3) is 5.76 Å². The third kappa shape index (κ3) is 1.70. The predicted octanol–water partition coefficient (Wildman–Crippen LogP) is 2.14. The number of allylic oxidation sites excluding steroid dienone is 1. The summed E-state index contributed by atoms with van der Waals surface area (Å²) in [6, 6.07) is 8.34. The highest BCUT2D eigenvalue weighted by Crippen LogP contribution is 2.18. The van der Waals surface area contributed by atoms with Gasteiger partial charge in [0.15, 0.2) is 11.3 Å². The van der Waals surface area contributed by atoms with Gasteiger partial charge in [-0.2, -0.15) is 10.5 Å². The molecule has 0 unspecified atom stereocenters. The number of nitrogens with zero attached hydrogens (tertiary/aromatic N) is 2. The maximum Gasteiger partial charge on any atom is 0.171 e. The zero-order chi connectivity index (χ0) is 10.6. The van der Waals surface area contributed by atoms with Crippen LogP contribution in [0.5, 0.6) is 0 Å². The van der Waals surface area contributed by atoms with E-state index in [0.29, 0.717) is 0 Å². The van der Waals surface area contributed by atoms with Gasteiger partial charge in [0.1, 0.15) is 18.0 Å². The average molecular weight is 188 g/mol. The number of hydrogen-bond acceptors (Lipinski definition) is 3. The fourth-order valence-electron chi connectivity index (χ4n) is 0.919. The van der Waals surface area contributed by atoms with Crippen molar-refractivity contribution in [3.8, 4) is 12.1 Å². The van der Waals surface area contributed by atoms with Gasteiger partial charge in [-0.25, -0.2) is 4.39 Å². The molecule has 0 fully saturated rings. The zero-order valence-corrected chi connectivity index (χ0v) is 7.03. The van der Waals surface area contributed by atoms with Gasteiger partial charge in [-0.15, -0.1) is 0 Å². The monoisotopic (exact) mass is 188 g/mol. The highest BCUT2D eigenvalue weighted by atomic mass is 19.1. The van der Waals surface area contributed by atoms with Gasteiger partial charge in [-0.1, -0.05) is 12.1 Å². The van der Waals surface area contributed by atoms with Gasteiger partial charge in [0.2, 0.25) is 0 Å². The van der Waals surface area contributed by atoms with Crippen LogP contribution < -0.4 is 0 Å². The lowest BCUT2D eigenvalue weighted by molar-refractivity contribution is 0.500. The van der Waals surface area contributed by atoms with Crippen LogP contribution in [0.3, 0.4) is 0 Å². The first kappa shape index (κ1) is 9.76. The van der Waals surface area contributed by atoms with Crippen molar-refractivity contribution in [2.24, 2.45) is 0 Å². The number of aliphatic hydroxyl groups is 1. The van der Waals surface area contributed by atoms with Crippen molar-refractivity contribution in [2.75, 3.05) is 0 Å². The molecule has 1 aromatic carbocycles. The van der Waals surface area contributed by atoms with Gasteiger partial charge in [0, 0.05) is 0 Å². The van der Waals surface area contributed by atoms with Gasteiger partial charge in [-0.3, -0.25) is 0 Å². The number of hydrogen-bond donors (Lipinski definition) is 1. The lowest BCUT2D eigenvalue weighted by atomic mass is 10.1. The predicted molar refractivity (Wildman–Crippen MR) is 47.2 cm³/mol. The minimum Gasteiger partial charge on any atom is -0.505 e. The van der Waals surface area contributed by atoms with E-state index in [2.05, 4.69) is 0 Å². The van der Waals surface area contributed by atoms with E-state index in [0.717, 1.165) is 6.07 Å². The molecule has 0 bridgehead atoms. The molecule has 0 saturated heterocycles. The second-order valence-electron chi connectivity index (χ2n) is 2.43.